The maximum absolute atomic E-state index is 5.51. The van der Waals surface area contributed by atoms with Crippen molar-refractivity contribution >= 4 is 17.1 Å². The van der Waals surface area contributed by atoms with Crippen molar-refractivity contribution in [1.82, 2.24) is 15.0 Å². The van der Waals surface area contributed by atoms with Crippen LogP contribution in [0.15, 0.2) is 197 Å². The lowest BCUT2D eigenvalue weighted by atomic mass is 10.1. The van der Waals surface area contributed by atoms with Crippen molar-refractivity contribution in [2.24, 2.45) is 15.3 Å². The van der Waals surface area contributed by atoms with Crippen LogP contribution in [-0.2, 0) is 39.3 Å². The second kappa shape index (κ2) is 20.1. The molecule has 0 saturated heterocycles. The molecule has 0 saturated carbocycles. The second-order valence-corrected chi connectivity index (χ2v) is 13.4. The van der Waals surface area contributed by atoms with Gasteiger partial charge in [0.25, 0.3) is 0 Å². The Bertz CT molecular complexity index is 1930. The Labute approximate surface area is 321 Å². The molecule has 0 heterocycles. The molecule has 0 aliphatic rings. The predicted molar refractivity (Wildman–Crippen MR) is 225 cm³/mol. The van der Waals surface area contributed by atoms with Gasteiger partial charge in [0, 0.05) is 0 Å². The number of hydrogen-bond acceptors (Lipinski definition) is 6. The molecule has 0 amide bonds. The van der Waals surface area contributed by atoms with Gasteiger partial charge in [0.2, 0.25) is 0 Å². The van der Waals surface area contributed by atoms with E-state index in [2.05, 4.69) is 211 Å². The Balaban J connectivity index is 1.46. The maximum atomic E-state index is 5.51. The van der Waals surface area contributed by atoms with Gasteiger partial charge in [-0.15, -0.1) is 0 Å². The SMILES string of the molecule is CCC(=N\N(Cc1ccccc1)Cc1ccccc1)/C(=N\N(Cc1ccccc1)Cc1ccccc1)C(/C)=N/N(Cc1ccccc1)Cc1ccccc1. The van der Waals surface area contributed by atoms with E-state index in [1.54, 1.807) is 0 Å². The molecule has 6 heteroatoms. The summed E-state index contributed by atoms with van der Waals surface area (Å²) < 4.78 is 0. The molecule has 0 atom stereocenters. The van der Waals surface area contributed by atoms with Crippen LogP contribution >= 0.6 is 0 Å². The maximum Gasteiger partial charge on any atom is 0.129 e. The Morgan fingerprint density at radius 1 is 0.352 bits per heavy atom. The minimum Gasteiger partial charge on any atom is -0.288 e. The third kappa shape index (κ3) is 11.9. The summed E-state index contributed by atoms with van der Waals surface area (Å²) in [6, 6.07) is 63.3. The van der Waals surface area contributed by atoms with Gasteiger partial charge in [-0.1, -0.05) is 189 Å². The lowest BCUT2D eigenvalue weighted by molar-refractivity contribution is 0.266. The summed E-state index contributed by atoms with van der Waals surface area (Å²) in [6.45, 7) is 8.15. The van der Waals surface area contributed by atoms with Crippen molar-refractivity contribution in [2.75, 3.05) is 0 Å². The van der Waals surface area contributed by atoms with E-state index in [1.165, 1.54) is 33.4 Å². The molecule has 0 unspecified atom stereocenters. The summed E-state index contributed by atoms with van der Waals surface area (Å²) in [5.74, 6) is 0. The van der Waals surface area contributed by atoms with Crippen LogP contribution < -0.4 is 0 Å². The lowest BCUT2D eigenvalue weighted by Gasteiger charge is -2.25. The minimum atomic E-state index is 0.638. The molecular weight excluding hydrogens is 661 g/mol. The molecule has 0 bridgehead atoms. The lowest BCUT2D eigenvalue weighted by Crippen LogP contribution is -2.32. The van der Waals surface area contributed by atoms with Gasteiger partial charge in [-0.05, 0) is 46.7 Å². The Kier molecular flexibility index (Phi) is 14.0. The average molecular weight is 711 g/mol. The summed E-state index contributed by atoms with van der Waals surface area (Å²) in [6.07, 6.45) is 0.674. The zero-order valence-corrected chi connectivity index (χ0v) is 31.5. The topological polar surface area (TPSA) is 46.8 Å². The van der Waals surface area contributed by atoms with Crippen LogP contribution in [-0.4, -0.2) is 32.2 Å². The van der Waals surface area contributed by atoms with Crippen molar-refractivity contribution in [3.05, 3.63) is 215 Å². The number of rotatable bonds is 18. The molecule has 0 fully saturated rings. The van der Waals surface area contributed by atoms with Gasteiger partial charge < -0.3 is 0 Å². The molecule has 6 aromatic rings. The van der Waals surface area contributed by atoms with Gasteiger partial charge in [-0.3, -0.25) is 15.0 Å². The number of hydrazone groups is 3. The second-order valence-electron chi connectivity index (χ2n) is 13.4. The van der Waals surface area contributed by atoms with Crippen LogP contribution in [0, 0.1) is 0 Å². The molecule has 0 aliphatic carbocycles. The molecule has 0 N–H and O–H groups in total. The first kappa shape index (κ1) is 37.5. The third-order valence-corrected chi connectivity index (χ3v) is 8.99. The quantitative estimate of drug-likeness (QED) is 0.0659. The number of nitrogens with zero attached hydrogens (tertiary/aromatic N) is 6. The standard InChI is InChI=1S/C48H50N6/c1-3-47(50-53(36-43-26-14-6-15-27-43)37-44-28-16-7-17-29-44)48(51-54(38-45-30-18-8-19-31-45)39-46-32-20-9-21-33-46)40(2)49-52(34-41-22-10-4-11-23-41)35-42-24-12-5-13-25-42/h4-33H,3,34-39H2,1-2H3/b49-40+,50-47+,51-48-. The monoisotopic (exact) mass is 710 g/mol. The molecule has 272 valence electrons. The highest BCUT2D eigenvalue weighted by Crippen LogP contribution is 2.17. The van der Waals surface area contributed by atoms with Crippen molar-refractivity contribution in [3.8, 4) is 0 Å². The molecule has 0 aliphatic heterocycles. The van der Waals surface area contributed by atoms with Crippen LogP contribution in [0.3, 0.4) is 0 Å². The van der Waals surface area contributed by atoms with Gasteiger partial charge in [-0.2, -0.15) is 15.3 Å². The van der Waals surface area contributed by atoms with Crippen molar-refractivity contribution in [1.29, 1.82) is 0 Å². The summed E-state index contributed by atoms with van der Waals surface area (Å²) in [5, 5.41) is 22.8. The van der Waals surface area contributed by atoms with E-state index >= 15 is 0 Å². The summed E-state index contributed by atoms with van der Waals surface area (Å²) in [7, 11) is 0. The van der Waals surface area contributed by atoms with Gasteiger partial charge in [0.15, 0.2) is 0 Å². The van der Waals surface area contributed by atoms with Gasteiger partial charge in [0.1, 0.15) is 5.71 Å². The highest BCUT2D eigenvalue weighted by Gasteiger charge is 2.19. The fourth-order valence-corrected chi connectivity index (χ4v) is 6.34. The van der Waals surface area contributed by atoms with Crippen LogP contribution in [0.5, 0.6) is 0 Å². The third-order valence-electron chi connectivity index (χ3n) is 8.99. The first-order chi connectivity index (χ1) is 26.6. The van der Waals surface area contributed by atoms with E-state index in [4.69, 9.17) is 15.3 Å². The van der Waals surface area contributed by atoms with Crippen molar-refractivity contribution < 1.29 is 0 Å². The van der Waals surface area contributed by atoms with E-state index in [0.717, 1.165) is 17.1 Å². The van der Waals surface area contributed by atoms with E-state index in [9.17, 15) is 0 Å². The van der Waals surface area contributed by atoms with Crippen molar-refractivity contribution in [2.45, 2.75) is 59.5 Å². The summed E-state index contributed by atoms with van der Waals surface area (Å²) >= 11 is 0. The van der Waals surface area contributed by atoms with E-state index < -0.39 is 0 Å². The van der Waals surface area contributed by atoms with Crippen LogP contribution in [0.25, 0.3) is 0 Å². The highest BCUT2D eigenvalue weighted by molar-refractivity contribution is 6.68. The van der Waals surface area contributed by atoms with E-state index in [-0.39, 0.29) is 0 Å². The zero-order chi connectivity index (χ0) is 37.2. The van der Waals surface area contributed by atoms with Crippen molar-refractivity contribution in [3.63, 3.8) is 0 Å². The number of hydrogen-bond donors (Lipinski definition) is 0. The normalized spacial score (nSPS) is 12.0. The Hall–Kier alpha value is -6.27. The smallest absolute Gasteiger partial charge is 0.129 e. The van der Waals surface area contributed by atoms with E-state index in [1.807, 2.05) is 0 Å². The predicted octanol–water partition coefficient (Wildman–Crippen LogP) is 10.6. The molecular formula is C48H50N6. The molecule has 0 radical (unpaired) electrons. The summed E-state index contributed by atoms with van der Waals surface area (Å²) in [5.41, 5.74) is 9.63. The fraction of sp³-hybridized carbons (Fsp3) is 0.188. The first-order valence-corrected chi connectivity index (χ1v) is 18.8. The van der Waals surface area contributed by atoms with Gasteiger partial charge in [-0.25, -0.2) is 0 Å². The fourth-order valence-electron chi connectivity index (χ4n) is 6.34. The molecule has 6 nitrogen and oxygen atoms in total. The molecule has 0 aromatic heterocycles. The largest absolute Gasteiger partial charge is 0.288 e. The molecule has 0 spiro atoms. The highest BCUT2D eigenvalue weighted by atomic mass is 15.5. The van der Waals surface area contributed by atoms with Crippen LogP contribution in [0.4, 0.5) is 0 Å². The summed E-state index contributed by atoms with van der Waals surface area (Å²) in [4.78, 5) is 0. The molecule has 6 rings (SSSR count). The Morgan fingerprint density at radius 2 is 0.593 bits per heavy atom. The first-order valence-electron chi connectivity index (χ1n) is 18.8. The van der Waals surface area contributed by atoms with Gasteiger partial charge in [0.05, 0.1) is 50.7 Å². The average Bonchev–Trinajstić information content (AvgIpc) is 3.21. The van der Waals surface area contributed by atoms with Crippen LogP contribution in [0.1, 0.15) is 53.6 Å². The van der Waals surface area contributed by atoms with E-state index in [0.29, 0.717) is 45.7 Å². The zero-order valence-electron chi connectivity index (χ0n) is 31.5. The van der Waals surface area contributed by atoms with Gasteiger partial charge >= 0.3 is 0 Å². The molecule has 6 aromatic carbocycles. The Morgan fingerprint density at radius 3 is 0.852 bits per heavy atom. The number of benzene rings is 6. The minimum absolute atomic E-state index is 0.638. The molecule has 54 heavy (non-hydrogen) atoms. The van der Waals surface area contributed by atoms with Crippen LogP contribution in [0.2, 0.25) is 0 Å².